The van der Waals surface area contributed by atoms with Crippen LogP contribution in [0.25, 0.3) is 0 Å². The summed E-state index contributed by atoms with van der Waals surface area (Å²) in [4.78, 5) is 28.7. The Labute approximate surface area is 152 Å². The molecule has 0 aromatic carbocycles. The summed E-state index contributed by atoms with van der Waals surface area (Å²) in [6, 6.07) is 5.58. The molecule has 2 heterocycles. The lowest BCUT2D eigenvalue weighted by atomic mass is 9.99. The highest BCUT2D eigenvalue weighted by molar-refractivity contribution is 5.76. The first-order valence-corrected chi connectivity index (χ1v) is 8.44. The van der Waals surface area contributed by atoms with Gasteiger partial charge in [-0.1, -0.05) is 0 Å². The molecule has 0 saturated heterocycles. The Morgan fingerprint density at radius 1 is 1.42 bits per heavy atom. The number of aromatic amines is 1. The standard InChI is InChI=1S/C19H24N4O3/c1-12-14(13(2)22-19(25)15(12)10-20)7-8-18(24)21-11-16(23(3)4)17-6-5-9-26-17/h5-6,9,16H,7-8,11H2,1-4H3,(H,21,24)(H,22,25)/t16-/m0/s1. The Kier molecular flexibility index (Phi) is 6.36. The van der Waals surface area contributed by atoms with Crippen LogP contribution in [0, 0.1) is 25.2 Å². The van der Waals surface area contributed by atoms with Gasteiger partial charge in [-0.3, -0.25) is 14.5 Å². The SMILES string of the molecule is Cc1[nH]c(=O)c(C#N)c(C)c1CCC(=O)NC[C@@H](c1ccco1)N(C)C. The number of carbonyl (C=O) groups is 1. The van der Waals surface area contributed by atoms with E-state index in [1.807, 2.05) is 37.2 Å². The number of hydrogen-bond acceptors (Lipinski definition) is 5. The van der Waals surface area contributed by atoms with Crippen LogP contribution in [-0.2, 0) is 11.2 Å². The number of nitrogens with zero attached hydrogens (tertiary/aromatic N) is 2. The maximum atomic E-state index is 12.3. The predicted octanol–water partition coefficient (Wildman–Crippen LogP) is 1.81. The van der Waals surface area contributed by atoms with Gasteiger partial charge in [-0.15, -0.1) is 0 Å². The molecule has 2 N–H and O–H groups in total. The Morgan fingerprint density at radius 2 is 2.15 bits per heavy atom. The fraction of sp³-hybridized carbons (Fsp3) is 0.421. The first-order chi connectivity index (χ1) is 12.3. The van der Waals surface area contributed by atoms with Crippen LogP contribution in [0.5, 0.6) is 0 Å². The number of H-pyrrole nitrogens is 1. The third-order valence-corrected chi connectivity index (χ3v) is 4.51. The number of aryl methyl sites for hydroxylation is 1. The van der Waals surface area contributed by atoms with Crippen molar-refractivity contribution < 1.29 is 9.21 Å². The van der Waals surface area contributed by atoms with Gasteiger partial charge in [-0.05, 0) is 57.6 Å². The summed E-state index contributed by atoms with van der Waals surface area (Å²) >= 11 is 0. The van der Waals surface area contributed by atoms with Crippen LogP contribution in [0.2, 0.25) is 0 Å². The molecule has 0 aliphatic rings. The number of furan rings is 1. The number of rotatable bonds is 7. The van der Waals surface area contributed by atoms with Gasteiger partial charge < -0.3 is 14.7 Å². The molecule has 0 unspecified atom stereocenters. The van der Waals surface area contributed by atoms with Crippen molar-refractivity contribution in [1.29, 1.82) is 5.26 Å². The van der Waals surface area contributed by atoms with E-state index in [-0.39, 0.29) is 29.5 Å². The highest BCUT2D eigenvalue weighted by atomic mass is 16.3. The fourth-order valence-corrected chi connectivity index (χ4v) is 2.98. The van der Waals surface area contributed by atoms with Gasteiger partial charge in [0.2, 0.25) is 5.91 Å². The highest BCUT2D eigenvalue weighted by Gasteiger charge is 2.18. The molecule has 26 heavy (non-hydrogen) atoms. The molecule has 0 bridgehead atoms. The van der Waals surface area contributed by atoms with Gasteiger partial charge >= 0.3 is 0 Å². The number of nitriles is 1. The summed E-state index contributed by atoms with van der Waals surface area (Å²) in [5.41, 5.74) is 1.90. The van der Waals surface area contributed by atoms with Crippen molar-refractivity contribution in [2.45, 2.75) is 32.7 Å². The normalized spacial score (nSPS) is 12.0. The topological polar surface area (TPSA) is 102 Å². The van der Waals surface area contributed by atoms with Crippen LogP contribution < -0.4 is 10.9 Å². The minimum Gasteiger partial charge on any atom is -0.468 e. The van der Waals surface area contributed by atoms with E-state index >= 15 is 0 Å². The molecule has 2 aromatic heterocycles. The molecule has 0 radical (unpaired) electrons. The molecule has 0 saturated carbocycles. The average Bonchev–Trinajstić information content (AvgIpc) is 3.08. The van der Waals surface area contributed by atoms with Gasteiger partial charge in [0.1, 0.15) is 17.4 Å². The summed E-state index contributed by atoms with van der Waals surface area (Å²) in [6.45, 7) is 3.96. The lowest BCUT2D eigenvalue weighted by Gasteiger charge is -2.22. The molecule has 1 amide bonds. The number of likely N-dealkylation sites (N-methyl/N-ethyl adjacent to an activating group) is 1. The second-order valence-electron chi connectivity index (χ2n) is 6.47. The summed E-state index contributed by atoms with van der Waals surface area (Å²) in [7, 11) is 3.85. The van der Waals surface area contributed by atoms with Crippen molar-refractivity contribution >= 4 is 5.91 Å². The minimum atomic E-state index is -0.386. The molecule has 7 heteroatoms. The van der Waals surface area contributed by atoms with Crippen molar-refractivity contribution in [3.8, 4) is 6.07 Å². The number of hydrogen-bond donors (Lipinski definition) is 2. The van der Waals surface area contributed by atoms with Crippen molar-refractivity contribution in [2.75, 3.05) is 20.6 Å². The second kappa shape index (κ2) is 8.50. The lowest BCUT2D eigenvalue weighted by molar-refractivity contribution is -0.121. The minimum absolute atomic E-state index is 0.0457. The molecule has 138 valence electrons. The zero-order chi connectivity index (χ0) is 19.3. The zero-order valence-electron chi connectivity index (χ0n) is 15.5. The zero-order valence-corrected chi connectivity index (χ0v) is 15.5. The van der Waals surface area contributed by atoms with Crippen LogP contribution in [0.15, 0.2) is 27.6 Å². The maximum absolute atomic E-state index is 12.3. The number of carbonyl (C=O) groups excluding carboxylic acids is 1. The van der Waals surface area contributed by atoms with Gasteiger partial charge in [-0.25, -0.2) is 0 Å². The van der Waals surface area contributed by atoms with E-state index in [2.05, 4.69) is 10.3 Å². The summed E-state index contributed by atoms with van der Waals surface area (Å²) in [6.07, 6.45) is 2.35. The highest BCUT2D eigenvalue weighted by Crippen LogP contribution is 2.18. The second-order valence-corrected chi connectivity index (χ2v) is 6.47. The molecular weight excluding hydrogens is 332 g/mol. The van der Waals surface area contributed by atoms with Crippen molar-refractivity contribution in [3.63, 3.8) is 0 Å². The number of pyridine rings is 1. The maximum Gasteiger partial charge on any atom is 0.266 e. The van der Waals surface area contributed by atoms with Gasteiger partial charge in [0.15, 0.2) is 0 Å². The average molecular weight is 356 g/mol. The molecule has 2 rings (SSSR count). The fourth-order valence-electron chi connectivity index (χ4n) is 2.98. The van der Waals surface area contributed by atoms with Gasteiger partial charge in [0.05, 0.1) is 12.3 Å². The Morgan fingerprint density at radius 3 is 2.73 bits per heavy atom. The van der Waals surface area contributed by atoms with Gasteiger partial charge in [0.25, 0.3) is 5.56 Å². The molecule has 0 spiro atoms. The first kappa shape index (κ1) is 19.5. The lowest BCUT2D eigenvalue weighted by Crippen LogP contribution is -2.34. The van der Waals surface area contributed by atoms with Crippen LogP contribution in [-0.4, -0.2) is 36.4 Å². The van der Waals surface area contributed by atoms with E-state index in [1.54, 1.807) is 20.1 Å². The van der Waals surface area contributed by atoms with Gasteiger partial charge in [-0.2, -0.15) is 5.26 Å². The van der Waals surface area contributed by atoms with E-state index in [4.69, 9.17) is 9.68 Å². The molecule has 1 atom stereocenters. The van der Waals surface area contributed by atoms with Crippen molar-refractivity contribution in [2.24, 2.45) is 0 Å². The molecule has 0 fully saturated rings. The summed E-state index contributed by atoms with van der Waals surface area (Å²) in [5, 5.41) is 12.0. The van der Waals surface area contributed by atoms with Crippen LogP contribution in [0.4, 0.5) is 0 Å². The summed E-state index contributed by atoms with van der Waals surface area (Å²) < 4.78 is 5.43. The van der Waals surface area contributed by atoms with Crippen LogP contribution in [0.1, 0.15) is 40.6 Å². The summed E-state index contributed by atoms with van der Waals surface area (Å²) in [5.74, 6) is 0.702. The van der Waals surface area contributed by atoms with Gasteiger partial charge in [0, 0.05) is 18.7 Å². The van der Waals surface area contributed by atoms with Crippen LogP contribution >= 0.6 is 0 Å². The predicted molar refractivity (Wildman–Crippen MR) is 97.7 cm³/mol. The first-order valence-electron chi connectivity index (χ1n) is 8.44. The van der Waals surface area contributed by atoms with E-state index in [1.165, 1.54) is 0 Å². The van der Waals surface area contributed by atoms with Crippen molar-refractivity contribution in [3.05, 3.63) is 56.9 Å². The third kappa shape index (κ3) is 4.41. The molecule has 0 aliphatic carbocycles. The number of nitrogens with one attached hydrogen (secondary N) is 2. The van der Waals surface area contributed by atoms with E-state index in [9.17, 15) is 9.59 Å². The Balaban J connectivity index is 1.99. The third-order valence-electron chi connectivity index (χ3n) is 4.51. The molecule has 7 nitrogen and oxygen atoms in total. The molecule has 2 aromatic rings. The molecule has 0 aliphatic heterocycles. The monoisotopic (exact) mass is 356 g/mol. The van der Waals surface area contributed by atoms with Crippen LogP contribution in [0.3, 0.4) is 0 Å². The quantitative estimate of drug-likeness (QED) is 0.788. The van der Waals surface area contributed by atoms with E-state index in [0.29, 0.717) is 24.2 Å². The number of aromatic nitrogens is 1. The molecular formula is C19H24N4O3. The Hall–Kier alpha value is -2.85. The van der Waals surface area contributed by atoms with Crippen molar-refractivity contribution in [1.82, 2.24) is 15.2 Å². The largest absolute Gasteiger partial charge is 0.468 e. The number of amides is 1. The van der Waals surface area contributed by atoms with E-state index in [0.717, 1.165) is 11.3 Å². The van der Waals surface area contributed by atoms with E-state index < -0.39 is 0 Å². The Bertz CT molecular complexity index is 860. The smallest absolute Gasteiger partial charge is 0.266 e.